The zero-order valence-corrected chi connectivity index (χ0v) is 22.5. The molecule has 7 nitrogen and oxygen atoms in total. The lowest BCUT2D eigenvalue weighted by Crippen LogP contribution is -2.34. The van der Waals surface area contributed by atoms with Crippen LogP contribution >= 0.6 is 12.2 Å². The summed E-state index contributed by atoms with van der Waals surface area (Å²) < 4.78 is 10.5. The molecule has 0 unspecified atom stereocenters. The Kier molecular flexibility index (Phi) is 9.13. The second-order valence-corrected chi connectivity index (χ2v) is 9.07. The predicted molar refractivity (Wildman–Crippen MR) is 152 cm³/mol. The topological polar surface area (TPSA) is 66.1 Å². The standard InChI is InChI=1S/C28H34N4O3S/c1-7-35-23-16-17-25(29-27(36)30-28(33)34-6)24(18-23)26(19-8-12-21(13-9-19)31(2)3)20-10-14-22(15-11-20)32(4)5/h8-18,26H,7H2,1-6H3,(H2,29,30,33,36). The van der Waals surface area contributed by atoms with Crippen molar-refractivity contribution in [3.05, 3.63) is 83.4 Å². The van der Waals surface area contributed by atoms with E-state index in [1.165, 1.54) is 7.11 Å². The molecular formula is C28H34N4O3S. The summed E-state index contributed by atoms with van der Waals surface area (Å²) in [5.74, 6) is 0.631. The quantitative estimate of drug-likeness (QED) is 0.311. The first kappa shape index (κ1) is 26.8. The van der Waals surface area contributed by atoms with E-state index in [9.17, 15) is 4.79 Å². The van der Waals surface area contributed by atoms with Crippen molar-refractivity contribution in [3.63, 3.8) is 0 Å². The smallest absolute Gasteiger partial charge is 0.413 e. The summed E-state index contributed by atoms with van der Waals surface area (Å²) in [5, 5.41) is 5.84. The van der Waals surface area contributed by atoms with E-state index in [2.05, 4.69) is 73.7 Å². The van der Waals surface area contributed by atoms with Crippen molar-refractivity contribution in [2.45, 2.75) is 12.8 Å². The van der Waals surface area contributed by atoms with E-state index in [0.717, 1.165) is 39.5 Å². The number of hydrogen-bond donors (Lipinski definition) is 2. The zero-order chi connectivity index (χ0) is 26.2. The number of nitrogens with zero attached hydrogens (tertiary/aromatic N) is 2. The number of benzene rings is 3. The van der Waals surface area contributed by atoms with Gasteiger partial charge >= 0.3 is 6.09 Å². The molecule has 0 saturated carbocycles. The summed E-state index contributed by atoms with van der Waals surface area (Å²) in [6.45, 7) is 2.51. The molecule has 0 bridgehead atoms. The summed E-state index contributed by atoms with van der Waals surface area (Å²) >= 11 is 5.37. The van der Waals surface area contributed by atoms with E-state index in [1.807, 2.05) is 53.3 Å². The van der Waals surface area contributed by atoms with E-state index in [0.29, 0.717) is 6.61 Å². The van der Waals surface area contributed by atoms with Crippen LogP contribution in [0, 0.1) is 0 Å². The molecular weight excluding hydrogens is 472 g/mol. The van der Waals surface area contributed by atoms with Gasteiger partial charge in [-0.2, -0.15) is 0 Å². The SMILES string of the molecule is CCOc1ccc(NC(=S)NC(=O)OC)c(C(c2ccc(N(C)C)cc2)c2ccc(N(C)C)cc2)c1. The van der Waals surface area contributed by atoms with Gasteiger partial charge in [0.05, 0.1) is 13.7 Å². The van der Waals surface area contributed by atoms with Crippen molar-refractivity contribution in [1.29, 1.82) is 0 Å². The summed E-state index contributed by atoms with van der Waals surface area (Å²) in [5.41, 5.74) is 6.18. The zero-order valence-electron chi connectivity index (χ0n) is 21.7. The highest BCUT2D eigenvalue weighted by atomic mass is 32.1. The maximum absolute atomic E-state index is 11.7. The van der Waals surface area contributed by atoms with Gasteiger partial charge in [0, 0.05) is 51.2 Å². The maximum Gasteiger partial charge on any atom is 0.413 e. The Morgan fingerprint density at radius 3 is 1.86 bits per heavy atom. The Hall–Kier alpha value is -3.78. The maximum atomic E-state index is 11.7. The van der Waals surface area contributed by atoms with Gasteiger partial charge in [0.2, 0.25) is 0 Å². The number of methoxy groups -OCH3 is 1. The van der Waals surface area contributed by atoms with Crippen molar-refractivity contribution in [3.8, 4) is 5.75 Å². The Morgan fingerprint density at radius 1 is 0.889 bits per heavy atom. The molecule has 0 spiro atoms. The fourth-order valence-corrected chi connectivity index (χ4v) is 4.12. The van der Waals surface area contributed by atoms with Crippen molar-refractivity contribution in [1.82, 2.24) is 5.32 Å². The Balaban J connectivity index is 2.15. The minimum atomic E-state index is -0.630. The van der Waals surface area contributed by atoms with Gasteiger partial charge in [-0.05, 0) is 78.3 Å². The number of alkyl carbamates (subject to hydrolysis) is 1. The molecule has 0 atom stereocenters. The Labute approximate surface area is 219 Å². The Morgan fingerprint density at radius 2 is 1.42 bits per heavy atom. The molecule has 0 fully saturated rings. The van der Waals surface area contributed by atoms with Crippen LogP contribution in [0.4, 0.5) is 21.9 Å². The van der Waals surface area contributed by atoms with Crippen LogP contribution in [-0.4, -0.2) is 53.1 Å². The summed E-state index contributed by atoms with van der Waals surface area (Å²) in [6.07, 6.45) is -0.630. The molecule has 3 rings (SSSR count). The molecule has 190 valence electrons. The first-order valence-corrected chi connectivity index (χ1v) is 12.1. The van der Waals surface area contributed by atoms with Crippen LogP contribution in [0.1, 0.15) is 29.5 Å². The normalized spacial score (nSPS) is 10.5. The first-order chi connectivity index (χ1) is 17.2. The van der Waals surface area contributed by atoms with Gasteiger partial charge in [0.15, 0.2) is 5.11 Å². The lowest BCUT2D eigenvalue weighted by molar-refractivity contribution is 0.177. The highest BCUT2D eigenvalue weighted by Gasteiger charge is 2.22. The van der Waals surface area contributed by atoms with Crippen molar-refractivity contribution in [2.75, 3.05) is 57.0 Å². The van der Waals surface area contributed by atoms with Gasteiger partial charge in [-0.15, -0.1) is 0 Å². The highest BCUT2D eigenvalue weighted by molar-refractivity contribution is 7.80. The van der Waals surface area contributed by atoms with Crippen LogP contribution in [-0.2, 0) is 4.74 Å². The molecule has 0 aliphatic carbocycles. The first-order valence-electron chi connectivity index (χ1n) is 11.7. The van der Waals surface area contributed by atoms with Crippen molar-refractivity contribution in [2.24, 2.45) is 0 Å². The molecule has 36 heavy (non-hydrogen) atoms. The third-order valence-electron chi connectivity index (χ3n) is 5.78. The molecule has 0 saturated heterocycles. The lowest BCUT2D eigenvalue weighted by atomic mass is 9.84. The number of ether oxygens (including phenoxy) is 2. The number of hydrogen-bond acceptors (Lipinski definition) is 6. The summed E-state index contributed by atoms with van der Waals surface area (Å²) in [7, 11) is 9.39. The monoisotopic (exact) mass is 506 g/mol. The van der Waals surface area contributed by atoms with Crippen molar-refractivity contribution < 1.29 is 14.3 Å². The molecule has 3 aromatic rings. The van der Waals surface area contributed by atoms with Gasteiger partial charge < -0.3 is 24.6 Å². The average Bonchev–Trinajstić information content (AvgIpc) is 2.86. The van der Waals surface area contributed by atoms with Crippen LogP contribution in [0.3, 0.4) is 0 Å². The minimum absolute atomic E-state index is 0.124. The number of nitrogens with one attached hydrogen (secondary N) is 2. The second-order valence-electron chi connectivity index (χ2n) is 8.66. The van der Waals surface area contributed by atoms with Crippen LogP contribution < -0.4 is 25.2 Å². The molecule has 0 aliphatic rings. The lowest BCUT2D eigenvalue weighted by Gasteiger charge is -2.25. The van der Waals surface area contributed by atoms with Gasteiger partial charge in [0.1, 0.15) is 5.75 Å². The van der Waals surface area contributed by atoms with Gasteiger partial charge in [0.25, 0.3) is 0 Å². The van der Waals surface area contributed by atoms with Gasteiger partial charge in [-0.3, -0.25) is 5.32 Å². The van der Waals surface area contributed by atoms with E-state index >= 15 is 0 Å². The minimum Gasteiger partial charge on any atom is -0.494 e. The van der Waals surface area contributed by atoms with E-state index in [4.69, 9.17) is 17.0 Å². The van der Waals surface area contributed by atoms with E-state index in [-0.39, 0.29) is 11.0 Å². The molecule has 2 N–H and O–H groups in total. The van der Waals surface area contributed by atoms with Crippen molar-refractivity contribution >= 4 is 40.5 Å². The molecule has 1 amide bonds. The predicted octanol–water partition coefficient (Wildman–Crippen LogP) is 5.45. The number of carbonyl (C=O) groups is 1. The second kappa shape index (κ2) is 12.3. The molecule has 0 aromatic heterocycles. The van der Waals surface area contributed by atoms with E-state index < -0.39 is 6.09 Å². The molecule has 3 aromatic carbocycles. The van der Waals surface area contributed by atoms with Crippen LogP contribution in [0.25, 0.3) is 0 Å². The largest absolute Gasteiger partial charge is 0.494 e. The fraction of sp³-hybridized carbons (Fsp3) is 0.286. The number of anilines is 3. The summed E-state index contributed by atoms with van der Waals surface area (Å²) in [6, 6.07) is 22.8. The number of thiocarbonyl (C=S) groups is 1. The molecule has 0 heterocycles. The number of carbonyl (C=O) groups excluding carboxylic acids is 1. The number of rotatable bonds is 8. The van der Waals surface area contributed by atoms with E-state index in [1.54, 1.807) is 0 Å². The van der Waals surface area contributed by atoms with Gasteiger partial charge in [-0.1, -0.05) is 24.3 Å². The Bertz CT molecular complexity index is 1130. The summed E-state index contributed by atoms with van der Waals surface area (Å²) in [4.78, 5) is 15.8. The third kappa shape index (κ3) is 6.66. The van der Waals surface area contributed by atoms with Crippen LogP contribution in [0.5, 0.6) is 5.75 Å². The highest BCUT2D eigenvalue weighted by Crippen LogP contribution is 2.39. The third-order valence-corrected chi connectivity index (χ3v) is 5.98. The molecule has 0 radical (unpaired) electrons. The van der Waals surface area contributed by atoms with Crippen LogP contribution in [0.2, 0.25) is 0 Å². The molecule has 8 heteroatoms. The van der Waals surface area contributed by atoms with Crippen LogP contribution in [0.15, 0.2) is 66.7 Å². The average molecular weight is 507 g/mol. The number of amides is 1. The molecule has 0 aliphatic heterocycles. The fourth-order valence-electron chi connectivity index (χ4n) is 3.93. The van der Waals surface area contributed by atoms with Gasteiger partial charge in [-0.25, -0.2) is 4.79 Å².